The lowest BCUT2D eigenvalue weighted by Gasteiger charge is -2.36. The van der Waals surface area contributed by atoms with E-state index in [-0.39, 0.29) is 5.92 Å². The normalized spacial score (nSPS) is 19.2. The molecule has 0 radical (unpaired) electrons. The van der Waals surface area contributed by atoms with Crippen molar-refractivity contribution in [3.8, 4) is 0 Å². The lowest BCUT2D eigenvalue weighted by atomic mass is 9.92. The quantitative estimate of drug-likeness (QED) is 0.673. The van der Waals surface area contributed by atoms with Gasteiger partial charge in [0.15, 0.2) is 0 Å². The minimum Gasteiger partial charge on any atom is -0.480 e. The lowest BCUT2D eigenvalue weighted by molar-refractivity contribution is -0.147. The minimum absolute atomic E-state index is 0.289. The third kappa shape index (κ3) is 4.46. The van der Waals surface area contributed by atoms with Gasteiger partial charge in [0.1, 0.15) is 5.54 Å². The Hall–Kier alpha value is -0.610. The Bertz CT molecular complexity index is 291. The summed E-state index contributed by atoms with van der Waals surface area (Å²) in [5.74, 6) is 0.703. The van der Waals surface area contributed by atoms with E-state index < -0.39 is 11.5 Å². The van der Waals surface area contributed by atoms with Crippen LogP contribution in [0.5, 0.6) is 0 Å². The van der Waals surface area contributed by atoms with Crippen LogP contribution in [0.2, 0.25) is 0 Å². The third-order valence-corrected chi connectivity index (χ3v) is 3.82. The van der Waals surface area contributed by atoms with Gasteiger partial charge in [-0.25, -0.2) is 0 Å². The molecular weight excluding hydrogens is 240 g/mol. The Morgan fingerprint density at radius 3 is 2.00 bits per heavy atom. The molecule has 0 aliphatic heterocycles. The van der Waals surface area contributed by atoms with E-state index >= 15 is 0 Å². The molecule has 4 nitrogen and oxygen atoms in total. The predicted molar refractivity (Wildman–Crippen MR) is 78.3 cm³/mol. The molecule has 1 fully saturated rings. The van der Waals surface area contributed by atoms with Gasteiger partial charge in [-0.05, 0) is 37.6 Å². The topological polar surface area (TPSA) is 52.6 Å². The lowest BCUT2D eigenvalue weighted by Crippen LogP contribution is -2.60. The van der Waals surface area contributed by atoms with Gasteiger partial charge in [0.25, 0.3) is 0 Å². The highest BCUT2D eigenvalue weighted by molar-refractivity contribution is 5.80. The number of carboxylic acid groups (broad SMARTS) is 1. The molecule has 1 aliphatic carbocycles. The Morgan fingerprint density at radius 2 is 1.74 bits per heavy atom. The smallest absolute Gasteiger partial charge is 0.325 e. The van der Waals surface area contributed by atoms with E-state index in [0.717, 1.165) is 25.9 Å². The van der Waals surface area contributed by atoms with E-state index in [2.05, 4.69) is 37.9 Å². The van der Waals surface area contributed by atoms with Crippen molar-refractivity contribution in [1.82, 2.24) is 10.2 Å². The van der Waals surface area contributed by atoms with Crippen molar-refractivity contribution >= 4 is 5.97 Å². The van der Waals surface area contributed by atoms with E-state index in [4.69, 9.17) is 0 Å². The van der Waals surface area contributed by atoms with Gasteiger partial charge in [-0.3, -0.25) is 4.79 Å². The number of rotatable bonds is 9. The van der Waals surface area contributed by atoms with Crippen molar-refractivity contribution in [2.24, 2.45) is 17.8 Å². The summed E-state index contributed by atoms with van der Waals surface area (Å²) in [6.07, 6.45) is 2.06. The molecule has 4 heteroatoms. The Balaban J connectivity index is 2.80. The Labute approximate surface area is 117 Å². The molecule has 1 aliphatic rings. The van der Waals surface area contributed by atoms with Crippen molar-refractivity contribution in [3.63, 3.8) is 0 Å². The molecule has 0 heterocycles. The molecule has 2 N–H and O–H groups in total. The van der Waals surface area contributed by atoms with E-state index in [9.17, 15) is 9.90 Å². The molecule has 112 valence electrons. The number of hydrogen-bond acceptors (Lipinski definition) is 3. The van der Waals surface area contributed by atoms with Crippen LogP contribution in [0.4, 0.5) is 0 Å². The average Bonchev–Trinajstić information content (AvgIpc) is 3.07. The standard InChI is InChI=1S/C15H30N2O2/c1-11(2)8-17(9-12(3)4)10-15(16-5,14(18)19)13-6-7-13/h11-13,16H,6-10H2,1-5H3,(H,18,19). The zero-order chi connectivity index (χ0) is 14.6. The van der Waals surface area contributed by atoms with Gasteiger partial charge in [-0.15, -0.1) is 0 Å². The van der Waals surface area contributed by atoms with Crippen LogP contribution in [0.1, 0.15) is 40.5 Å². The number of carbonyl (C=O) groups is 1. The maximum atomic E-state index is 11.8. The summed E-state index contributed by atoms with van der Waals surface area (Å²) in [6, 6.07) is 0. The number of likely N-dealkylation sites (N-methyl/N-ethyl adjacent to an activating group) is 1. The second-order valence-electron chi connectivity index (χ2n) is 6.78. The van der Waals surface area contributed by atoms with Gasteiger partial charge in [0.05, 0.1) is 0 Å². The highest BCUT2D eigenvalue weighted by Gasteiger charge is 2.51. The van der Waals surface area contributed by atoms with Crippen LogP contribution in [0.15, 0.2) is 0 Å². The zero-order valence-electron chi connectivity index (χ0n) is 13.1. The molecule has 19 heavy (non-hydrogen) atoms. The van der Waals surface area contributed by atoms with Crippen molar-refractivity contribution in [1.29, 1.82) is 0 Å². The summed E-state index contributed by atoms with van der Waals surface area (Å²) in [6.45, 7) is 11.3. The molecule has 1 atom stereocenters. The highest BCUT2D eigenvalue weighted by atomic mass is 16.4. The average molecular weight is 270 g/mol. The SMILES string of the molecule is CNC(CN(CC(C)C)CC(C)C)(C(=O)O)C1CC1. The van der Waals surface area contributed by atoms with Crippen LogP contribution >= 0.6 is 0 Å². The van der Waals surface area contributed by atoms with Gasteiger partial charge < -0.3 is 15.3 Å². The minimum atomic E-state index is -0.760. The first-order valence-electron chi connectivity index (χ1n) is 7.46. The van der Waals surface area contributed by atoms with Crippen LogP contribution in [0, 0.1) is 17.8 Å². The van der Waals surface area contributed by atoms with E-state index in [0.29, 0.717) is 18.4 Å². The third-order valence-electron chi connectivity index (χ3n) is 3.82. The largest absolute Gasteiger partial charge is 0.480 e. The van der Waals surface area contributed by atoms with Gasteiger partial charge in [-0.2, -0.15) is 0 Å². The number of nitrogens with zero attached hydrogens (tertiary/aromatic N) is 1. The summed E-state index contributed by atoms with van der Waals surface area (Å²) in [5, 5.41) is 12.8. The van der Waals surface area contributed by atoms with E-state index in [1.54, 1.807) is 7.05 Å². The molecule has 1 saturated carbocycles. The maximum Gasteiger partial charge on any atom is 0.325 e. The van der Waals surface area contributed by atoms with Crippen LogP contribution in [-0.4, -0.2) is 48.2 Å². The summed E-state index contributed by atoms with van der Waals surface area (Å²) >= 11 is 0. The van der Waals surface area contributed by atoms with Crippen LogP contribution < -0.4 is 5.32 Å². The second kappa shape index (κ2) is 6.71. The molecule has 0 bridgehead atoms. The first-order valence-corrected chi connectivity index (χ1v) is 7.46. The fourth-order valence-corrected chi connectivity index (χ4v) is 2.93. The molecule has 1 unspecified atom stereocenters. The number of aliphatic carboxylic acids is 1. The van der Waals surface area contributed by atoms with Gasteiger partial charge in [0, 0.05) is 19.6 Å². The van der Waals surface area contributed by atoms with Crippen LogP contribution in [0.3, 0.4) is 0 Å². The summed E-state index contributed by atoms with van der Waals surface area (Å²) in [7, 11) is 1.79. The van der Waals surface area contributed by atoms with Crippen molar-refractivity contribution < 1.29 is 9.90 Å². The molecule has 0 spiro atoms. The van der Waals surface area contributed by atoms with Crippen molar-refractivity contribution in [2.45, 2.75) is 46.1 Å². The first-order chi connectivity index (χ1) is 8.81. The van der Waals surface area contributed by atoms with Gasteiger partial charge >= 0.3 is 5.97 Å². The summed E-state index contributed by atoms with van der Waals surface area (Å²) in [5.41, 5.74) is -0.760. The number of carboxylic acids is 1. The van der Waals surface area contributed by atoms with Gasteiger partial charge in [0.2, 0.25) is 0 Å². The van der Waals surface area contributed by atoms with Crippen LogP contribution in [-0.2, 0) is 4.79 Å². The summed E-state index contributed by atoms with van der Waals surface area (Å²) in [4.78, 5) is 14.1. The van der Waals surface area contributed by atoms with E-state index in [1.807, 2.05) is 0 Å². The highest BCUT2D eigenvalue weighted by Crippen LogP contribution is 2.40. The van der Waals surface area contributed by atoms with Crippen molar-refractivity contribution in [3.05, 3.63) is 0 Å². The molecule has 0 aromatic heterocycles. The summed E-state index contributed by atoms with van der Waals surface area (Å²) < 4.78 is 0. The van der Waals surface area contributed by atoms with Gasteiger partial charge in [-0.1, -0.05) is 27.7 Å². The maximum absolute atomic E-state index is 11.8. The molecule has 0 aromatic rings. The molecular formula is C15H30N2O2. The number of nitrogens with one attached hydrogen (secondary N) is 1. The number of hydrogen-bond donors (Lipinski definition) is 2. The zero-order valence-corrected chi connectivity index (χ0v) is 13.1. The Kier molecular flexibility index (Phi) is 5.81. The van der Waals surface area contributed by atoms with E-state index in [1.165, 1.54) is 0 Å². The fourth-order valence-electron chi connectivity index (χ4n) is 2.93. The fraction of sp³-hybridized carbons (Fsp3) is 0.933. The Morgan fingerprint density at radius 1 is 1.26 bits per heavy atom. The molecule has 0 aromatic carbocycles. The predicted octanol–water partition coefficient (Wildman–Crippen LogP) is 2.05. The monoisotopic (exact) mass is 270 g/mol. The van der Waals surface area contributed by atoms with Crippen molar-refractivity contribution in [2.75, 3.05) is 26.7 Å². The first kappa shape index (κ1) is 16.4. The molecule has 0 saturated heterocycles. The van der Waals surface area contributed by atoms with Crippen LogP contribution in [0.25, 0.3) is 0 Å². The molecule has 0 amide bonds. The second-order valence-corrected chi connectivity index (χ2v) is 6.78. The molecule has 1 rings (SSSR count).